The molecule has 2 atom stereocenters. The van der Waals surface area contributed by atoms with E-state index in [2.05, 4.69) is 20.2 Å². The molecule has 8 nitrogen and oxygen atoms in total. The molecule has 1 N–H and O–H groups in total. The molecule has 178 valence electrons. The lowest BCUT2D eigenvalue weighted by atomic mass is 10.0. The van der Waals surface area contributed by atoms with E-state index in [9.17, 15) is 27.5 Å². The van der Waals surface area contributed by atoms with Gasteiger partial charge in [-0.2, -0.15) is 13.2 Å². The van der Waals surface area contributed by atoms with Crippen molar-refractivity contribution in [2.24, 2.45) is 0 Å². The number of carbonyl (C=O) groups excluding carboxylic acids is 1. The van der Waals surface area contributed by atoms with Crippen LogP contribution >= 0.6 is 0 Å². The van der Waals surface area contributed by atoms with Crippen molar-refractivity contribution in [2.75, 3.05) is 0 Å². The molecule has 1 aromatic carbocycles. The zero-order valence-electron chi connectivity index (χ0n) is 17.6. The van der Waals surface area contributed by atoms with E-state index in [0.29, 0.717) is 5.56 Å². The predicted octanol–water partition coefficient (Wildman–Crippen LogP) is 4.17. The Morgan fingerprint density at radius 3 is 2.54 bits per heavy atom. The molecular formula is C23H15F4N5O3. The second-order valence-corrected chi connectivity index (χ2v) is 7.73. The summed E-state index contributed by atoms with van der Waals surface area (Å²) in [7, 11) is 0. The molecule has 0 saturated carbocycles. The minimum absolute atomic E-state index is 0.0384. The van der Waals surface area contributed by atoms with Gasteiger partial charge in [-0.05, 0) is 42.0 Å². The van der Waals surface area contributed by atoms with Crippen LogP contribution in [0.25, 0.3) is 11.5 Å². The molecule has 12 heteroatoms. The zero-order valence-corrected chi connectivity index (χ0v) is 17.6. The summed E-state index contributed by atoms with van der Waals surface area (Å²) in [6, 6.07) is 9.72. The number of aliphatic hydroxyl groups excluding tert-OH is 1. The topological polar surface area (TPSA) is 105 Å². The molecule has 5 rings (SSSR count). The molecule has 1 amide bonds. The van der Waals surface area contributed by atoms with Gasteiger partial charge in [0, 0.05) is 17.7 Å². The van der Waals surface area contributed by atoms with E-state index >= 15 is 0 Å². The number of aliphatic hydroxyl groups is 1. The Morgan fingerprint density at radius 2 is 1.86 bits per heavy atom. The first-order valence-corrected chi connectivity index (χ1v) is 10.3. The predicted molar refractivity (Wildman–Crippen MR) is 111 cm³/mol. The lowest BCUT2D eigenvalue weighted by molar-refractivity contribution is 0.0329. The molecule has 1 aliphatic rings. The zero-order chi connectivity index (χ0) is 24.7. The molecule has 0 fully saturated rings. The van der Waals surface area contributed by atoms with Gasteiger partial charge in [0.15, 0.2) is 0 Å². The first-order valence-electron chi connectivity index (χ1n) is 10.3. The Balaban J connectivity index is 1.52. The summed E-state index contributed by atoms with van der Waals surface area (Å²) in [6.45, 7) is 0.0384. The maximum Gasteiger partial charge on any atom is 0.314 e. The van der Waals surface area contributed by atoms with Gasteiger partial charge in [0.25, 0.3) is 11.8 Å². The van der Waals surface area contributed by atoms with Gasteiger partial charge in [-0.25, -0.2) is 9.37 Å². The maximum absolute atomic E-state index is 13.7. The van der Waals surface area contributed by atoms with Crippen molar-refractivity contribution in [1.29, 1.82) is 0 Å². The van der Waals surface area contributed by atoms with Crippen molar-refractivity contribution in [3.63, 3.8) is 0 Å². The third-order valence-corrected chi connectivity index (χ3v) is 5.54. The van der Waals surface area contributed by atoms with E-state index in [1.807, 2.05) is 0 Å². The summed E-state index contributed by atoms with van der Waals surface area (Å²) in [5.41, 5.74) is 1.15. The van der Waals surface area contributed by atoms with Crippen LogP contribution in [-0.2, 0) is 6.54 Å². The fourth-order valence-electron chi connectivity index (χ4n) is 3.93. The van der Waals surface area contributed by atoms with Crippen molar-refractivity contribution in [1.82, 2.24) is 25.1 Å². The van der Waals surface area contributed by atoms with Gasteiger partial charge >= 0.3 is 6.43 Å². The monoisotopic (exact) mass is 485 g/mol. The van der Waals surface area contributed by atoms with E-state index in [4.69, 9.17) is 4.42 Å². The number of amides is 1. The van der Waals surface area contributed by atoms with Gasteiger partial charge in [-0.1, -0.05) is 12.1 Å². The normalized spacial score (nSPS) is 14.9. The maximum atomic E-state index is 13.7. The highest BCUT2D eigenvalue weighted by Gasteiger charge is 2.39. The molecule has 0 aliphatic carbocycles. The molecule has 4 heterocycles. The smallest absolute Gasteiger partial charge is 0.314 e. The van der Waals surface area contributed by atoms with Crippen LogP contribution in [-0.4, -0.2) is 36.1 Å². The number of aromatic nitrogens is 4. The molecule has 35 heavy (non-hydrogen) atoms. The highest BCUT2D eigenvalue weighted by molar-refractivity contribution is 5.99. The molecule has 0 unspecified atom stereocenters. The summed E-state index contributed by atoms with van der Waals surface area (Å²) in [5, 5.41) is 18.0. The fourth-order valence-corrected chi connectivity index (χ4v) is 3.93. The molecule has 1 aliphatic heterocycles. The second kappa shape index (κ2) is 8.87. The van der Waals surface area contributed by atoms with Gasteiger partial charge in [0.05, 0.1) is 17.6 Å². The molecule has 4 aromatic rings. The average Bonchev–Trinajstić information content (AvgIpc) is 3.46. The number of halogens is 4. The van der Waals surface area contributed by atoms with Gasteiger partial charge in [-0.15, -0.1) is 10.2 Å². The van der Waals surface area contributed by atoms with Gasteiger partial charge in [-0.3, -0.25) is 9.78 Å². The van der Waals surface area contributed by atoms with Crippen LogP contribution < -0.4 is 0 Å². The number of carbonyl (C=O) groups is 1. The van der Waals surface area contributed by atoms with Crippen LogP contribution in [0.4, 0.5) is 17.6 Å². The lowest BCUT2D eigenvalue weighted by Crippen LogP contribution is -2.34. The van der Waals surface area contributed by atoms with Crippen LogP contribution in [0, 0.1) is 11.8 Å². The van der Waals surface area contributed by atoms with Gasteiger partial charge in [0.1, 0.15) is 18.0 Å². The number of pyridine rings is 2. The lowest BCUT2D eigenvalue weighted by Gasteiger charge is -2.31. The Morgan fingerprint density at radius 1 is 1.03 bits per heavy atom. The third kappa shape index (κ3) is 4.23. The quantitative estimate of drug-likeness (QED) is 0.323. The largest absolute Gasteiger partial charge is 0.415 e. The Kier molecular flexibility index (Phi) is 5.73. The van der Waals surface area contributed by atoms with E-state index < -0.39 is 42.1 Å². The van der Waals surface area contributed by atoms with E-state index in [-0.39, 0.29) is 35.0 Å². The first kappa shape index (κ1) is 22.6. The minimum Gasteiger partial charge on any atom is -0.415 e. The molecule has 3 aromatic heterocycles. The van der Waals surface area contributed by atoms with Gasteiger partial charge < -0.3 is 14.4 Å². The Labute approximate surface area is 194 Å². The van der Waals surface area contributed by atoms with Crippen LogP contribution in [0.1, 0.15) is 51.8 Å². The number of alkyl halides is 2. The Hall–Kier alpha value is -4.19. The number of nitrogens with zero attached hydrogens (tertiary/aromatic N) is 5. The van der Waals surface area contributed by atoms with E-state index in [0.717, 1.165) is 18.3 Å². The second-order valence-electron chi connectivity index (χ2n) is 7.73. The standard InChI is InChI=1S/C23H15F4N5O3/c24-13-6-7-15(28-9-13)18(19(33)16-2-1-3-17(25)29-16)32-10-12-5-4-11(8-14(12)23(32)34)21-30-31-22(35-21)20(26)27/h1-9,18-20,33H,10H2/t18-,19+/m1/s1. The highest BCUT2D eigenvalue weighted by Crippen LogP contribution is 2.39. The van der Waals surface area contributed by atoms with Crippen LogP contribution in [0.2, 0.25) is 0 Å². The van der Waals surface area contributed by atoms with E-state index in [1.54, 1.807) is 6.07 Å². The third-order valence-electron chi connectivity index (χ3n) is 5.54. The number of benzene rings is 1. The van der Waals surface area contributed by atoms with Gasteiger partial charge in [0.2, 0.25) is 11.8 Å². The number of hydrogen-bond acceptors (Lipinski definition) is 7. The molecule has 0 radical (unpaired) electrons. The molecule has 0 spiro atoms. The van der Waals surface area contributed by atoms with Crippen LogP contribution in [0.3, 0.4) is 0 Å². The molecule has 0 bridgehead atoms. The van der Waals surface area contributed by atoms with Crippen molar-refractivity contribution in [3.8, 4) is 11.5 Å². The number of rotatable bonds is 6. The van der Waals surface area contributed by atoms with Crippen molar-refractivity contribution in [2.45, 2.75) is 25.1 Å². The summed E-state index contributed by atoms with van der Waals surface area (Å²) in [5.74, 6) is -3.00. The summed E-state index contributed by atoms with van der Waals surface area (Å²) >= 11 is 0. The minimum atomic E-state index is -2.94. The fraction of sp³-hybridized carbons (Fsp3) is 0.174. The number of fused-ring (bicyclic) bond motifs is 1. The van der Waals surface area contributed by atoms with Crippen LogP contribution in [0.15, 0.2) is 59.1 Å². The summed E-state index contributed by atoms with van der Waals surface area (Å²) in [4.78, 5) is 22.4. The summed E-state index contributed by atoms with van der Waals surface area (Å²) < 4.78 is 57.8. The first-order chi connectivity index (χ1) is 16.8. The van der Waals surface area contributed by atoms with E-state index in [1.165, 1.54) is 35.2 Å². The number of hydrogen-bond donors (Lipinski definition) is 1. The average molecular weight is 485 g/mol. The SMILES string of the molecule is O=C1c2cc(-c3nnc(C(F)F)o3)ccc2CN1[C@H](c1ccc(F)cn1)[C@@H](O)c1cccc(F)n1. The van der Waals surface area contributed by atoms with Crippen molar-refractivity contribution >= 4 is 5.91 Å². The molecule has 0 saturated heterocycles. The van der Waals surface area contributed by atoms with Crippen molar-refractivity contribution < 1.29 is 31.9 Å². The highest BCUT2D eigenvalue weighted by atomic mass is 19.3. The summed E-state index contributed by atoms with van der Waals surface area (Å²) in [6.07, 6.45) is -3.49. The molecular weight excluding hydrogens is 470 g/mol. The van der Waals surface area contributed by atoms with Crippen LogP contribution in [0.5, 0.6) is 0 Å². The Bertz CT molecular complexity index is 1400. The van der Waals surface area contributed by atoms with Crippen molar-refractivity contribution in [3.05, 3.63) is 94.9 Å².